The molecule has 1 heterocycles. The molecule has 0 aliphatic carbocycles. The highest BCUT2D eigenvalue weighted by atomic mass is 16.2. The molecule has 1 unspecified atom stereocenters. The van der Waals surface area contributed by atoms with Crippen molar-refractivity contribution in [2.24, 2.45) is 0 Å². The third-order valence-electron chi connectivity index (χ3n) is 3.68. The summed E-state index contributed by atoms with van der Waals surface area (Å²) >= 11 is 0. The largest absolute Gasteiger partial charge is 0.342 e. The maximum absolute atomic E-state index is 12.3. The molecule has 0 aromatic rings. The van der Waals surface area contributed by atoms with Gasteiger partial charge in [-0.3, -0.25) is 9.59 Å². The van der Waals surface area contributed by atoms with E-state index < -0.39 is 5.54 Å². The Hall–Kier alpha value is -1.10. The van der Waals surface area contributed by atoms with Crippen molar-refractivity contribution in [2.75, 3.05) is 33.2 Å². The molecule has 1 aliphatic heterocycles. The molecular formula is C13H25N3O2. The van der Waals surface area contributed by atoms with Gasteiger partial charge in [-0.15, -0.1) is 0 Å². The monoisotopic (exact) mass is 255 g/mol. The second-order valence-corrected chi connectivity index (χ2v) is 5.09. The number of carbonyl (C=O) groups is 2. The van der Waals surface area contributed by atoms with Crippen LogP contribution in [-0.2, 0) is 9.59 Å². The summed E-state index contributed by atoms with van der Waals surface area (Å²) in [5, 5.41) is 3.23. The molecule has 1 rings (SSSR count). The van der Waals surface area contributed by atoms with Crippen LogP contribution in [0.2, 0.25) is 0 Å². The molecule has 0 aromatic carbocycles. The Morgan fingerprint density at radius 3 is 2.33 bits per heavy atom. The molecule has 1 saturated heterocycles. The van der Waals surface area contributed by atoms with Crippen molar-refractivity contribution in [3.05, 3.63) is 0 Å². The summed E-state index contributed by atoms with van der Waals surface area (Å²) in [4.78, 5) is 27.5. The average molecular weight is 255 g/mol. The van der Waals surface area contributed by atoms with Gasteiger partial charge in [0.25, 0.3) is 0 Å². The molecular weight excluding hydrogens is 230 g/mol. The summed E-state index contributed by atoms with van der Waals surface area (Å²) in [6, 6.07) is 0. The lowest BCUT2D eigenvalue weighted by molar-refractivity contribution is -0.142. The predicted octanol–water partition coefficient (Wildman–Crippen LogP) is 0.455. The van der Waals surface area contributed by atoms with E-state index in [1.807, 2.05) is 20.8 Å². The van der Waals surface area contributed by atoms with Crippen molar-refractivity contribution in [1.29, 1.82) is 0 Å². The molecule has 2 amide bonds. The van der Waals surface area contributed by atoms with Crippen molar-refractivity contribution < 1.29 is 9.59 Å². The van der Waals surface area contributed by atoms with Crippen LogP contribution in [0.5, 0.6) is 0 Å². The van der Waals surface area contributed by atoms with Gasteiger partial charge in [0.2, 0.25) is 11.8 Å². The smallest absolute Gasteiger partial charge is 0.242 e. The van der Waals surface area contributed by atoms with Gasteiger partial charge in [-0.05, 0) is 40.2 Å². The van der Waals surface area contributed by atoms with E-state index in [0.717, 1.165) is 19.4 Å². The maximum atomic E-state index is 12.3. The van der Waals surface area contributed by atoms with Crippen LogP contribution >= 0.6 is 0 Å². The molecule has 1 N–H and O–H groups in total. The number of nitrogens with zero attached hydrogens (tertiary/aromatic N) is 2. The number of nitrogens with one attached hydrogen (secondary N) is 1. The van der Waals surface area contributed by atoms with E-state index in [9.17, 15) is 9.59 Å². The first-order valence-corrected chi connectivity index (χ1v) is 6.73. The molecule has 1 aliphatic rings. The average Bonchev–Trinajstić information content (AvgIpc) is 2.78. The summed E-state index contributed by atoms with van der Waals surface area (Å²) in [7, 11) is 1.70. The minimum atomic E-state index is -0.488. The van der Waals surface area contributed by atoms with Crippen LogP contribution in [0.15, 0.2) is 0 Å². The van der Waals surface area contributed by atoms with Crippen molar-refractivity contribution >= 4 is 11.8 Å². The van der Waals surface area contributed by atoms with E-state index in [1.54, 1.807) is 16.8 Å². The highest BCUT2D eigenvalue weighted by Crippen LogP contribution is 2.20. The second kappa shape index (κ2) is 6.18. The van der Waals surface area contributed by atoms with E-state index in [2.05, 4.69) is 5.32 Å². The Labute approximate surface area is 110 Å². The number of rotatable bonds is 5. The zero-order valence-electron chi connectivity index (χ0n) is 12.0. The lowest BCUT2D eigenvalue weighted by atomic mass is 9.98. The van der Waals surface area contributed by atoms with Crippen molar-refractivity contribution in [3.63, 3.8) is 0 Å². The zero-order chi connectivity index (χ0) is 13.8. The van der Waals surface area contributed by atoms with Crippen LogP contribution in [0, 0.1) is 0 Å². The lowest BCUT2D eigenvalue weighted by Gasteiger charge is -2.30. The second-order valence-electron chi connectivity index (χ2n) is 5.09. The van der Waals surface area contributed by atoms with Crippen LogP contribution in [0.3, 0.4) is 0 Å². The summed E-state index contributed by atoms with van der Waals surface area (Å²) in [5.74, 6) is 0.0259. The fourth-order valence-electron chi connectivity index (χ4n) is 2.45. The van der Waals surface area contributed by atoms with Crippen molar-refractivity contribution in [1.82, 2.24) is 15.1 Å². The number of carbonyl (C=O) groups excluding carboxylic acids is 2. The van der Waals surface area contributed by atoms with E-state index in [4.69, 9.17) is 0 Å². The summed E-state index contributed by atoms with van der Waals surface area (Å²) in [6.07, 6.45) is 1.86. The molecule has 0 bridgehead atoms. The Morgan fingerprint density at radius 1 is 1.28 bits per heavy atom. The summed E-state index contributed by atoms with van der Waals surface area (Å²) in [6.45, 7) is 8.23. The standard InChI is InChI=1S/C13H25N3O2/c1-5-16(6-2)11(17)10-15(4)12(18)13(3)8-7-9-14-13/h14H,5-10H2,1-4H3. The van der Waals surface area contributed by atoms with Gasteiger partial charge in [-0.1, -0.05) is 0 Å². The van der Waals surface area contributed by atoms with Gasteiger partial charge in [0.05, 0.1) is 12.1 Å². The Bertz CT molecular complexity index is 307. The van der Waals surface area contributed by atoms with Crippen LogP contribution in [-0.4, -0.2) is 60.4 Å². The molecule has 0 spiro atoms. The van der Waals surface area contributed by atoms with E-state index >= 15 is 0 Å². The molecule has 1 atom stereocenters. The highest BCUT2D eigenvalue weighted by Gasteiger charge is 2.38. The molecule has 0 radical (unpaired) electrons. The molecule has 5 nitrogen and oxygen atoms in total. The van der Waals surface area contributed by atoms with Crippen molar-refractivity contribution in [3.8, 4) is 0 Å². The van der Waals surface area contributed by atoms with Gasteiger partial charge in [0.15, 0.2) is 0 Å². The van der Waals surface area contributed by atoms with E-state index in [0.29, 0.717) is 13.1 Å². The van der Waals surface area contributed by atoms with Gasteiger partial charge in [-0.25, -0.2) is 0 Å². The van der Waals surface area contributed by atoms with Gasteiger partial charge in [0.1, 0.15) is 0 Å². The number of hydrogen-bond acceptors (Lipinski definition) is 3. The van der Waals surface area contributed by atoms with Crippen LogP contribution in [0.25, 0.3) is 0 Å². The first kappa shape index (κ1) is 15.0. The predicted molar refractivity (Wildman–Crippen MR) is 71.2 cm³/mol. The highest BCUT2D eigenvalue weighted by molar-refractivity contribution is 5.90. The molecule has 5 heteroatoms. The minimum Gasteiger partial charge on any atom is -0.342 e. The first-order valence-electron chi connectivity index (χ1n) is 6.73. The normalized spacial score (nSPS) is 22.9. The number of hydrogen-bond donors (Lipinski definition) is 1. The fraction of sp³-hybridized carbons (Fsp3) is 0.846. The van der Waals surface area contributed by atoms with E-state index in [1.165, 1.54) is 0 Å². The topological polar surface area (TPSA) is 52.7 Å². The molecule has 0 aromatic heterocycles. The quantitative estimate of drug-likeness (QED) is 0.776. The maximum Gasteiger partial charge on any atom is 0.242 e. The lowest BCUT2D eigenvalue weighted by Crippen LogP contribution is -2.53. The van der Waals surface area contributed by atoms with Crippen LogP contribution in [0.1, 0.15) is 33.6 Å². The van der Waals surface area contributed by atoms with E-state index in [-0.39, 0.29) is 18.4 Å². The Kier molecular flexibility index (Phi) is 5.14. The number of likely N-dealkylation sites (N-methyl/N-ethyl adjacent to an activating group) is 2. The molecule has 0 saturated carbocycles. The van der Waals surface area contributed by atoms with Gasteiger partial charge < -0.3 is 15.1 Å². The van der Waals surface area contributed by atoms with Crippen LogP contribution in [0.4, 0.5) is 0 Å². The van der Waals surface area contributed by atoms with Gasteiger partial charge in [0, 0.05) is 20.1 Å². The van der Waals surface area contributed by atoms with Gasteiger partial charge in [-0.2, -0.15) is 0 Å². The minimum absolute atomic E-state index is 0.0115. The zero-order valence-corrected chi connectivity index (χ0v) is 12.0. The molecule has 104 valence electrons. The van der Waals surface area contributed by atoms with Gasteiger partial charge >= 0.3 is 0 Å². The fourth-order valence-corrected chi connectivity index (χ4v) is 2.45. The first-order chi connectivity index (χ1) is 8.44. The Morgan fingerprint density at radius 2 is 1.89 bits per heavy atom. The van der Waals surface area contributed by atoms with Crippen LogP contribution < -0.4 is 5.32 Å². The summed E-state index contributed by atoms with van der Waals surface area (Å²) < 4.78 is 0. The molecule has 1 fully saturated rings. The third-order valence-corrected chi connectivity index (χ3v) is 3.68. The SMILES string of the molecule is CCN(CC)C(=O)CN(C)C(=O)C1(C)CCCN1. The Balaban J connectivity index is 2.57. The number of amides is 2. The van der Waals surface area contributed by atoms with Crippen molar-refractivity contribution in [2.45, 2.75) is 39.2 Å². The summed E-state index contributed by atoms with van der Waals surface area (Å²) in [5.41, 5.74) is -0.488. The third kappa shape index (κ3) is 3.22. The molecule has 18 heavy (non-hydrogen) atoms.